The van der Waals surface area contributed by atoms with Gasteiger partial charge >= 0.3 is 0 Å². The monoisotopic (exact) mass is 464 g/mol. The van der Waals surface area contributed by atoms with Gasteiger partial charge in [0.1, 0.15) is 0 Å². The molecule has 0 fully saturated rings. The number of methoxy groups -OCH3 is 1. The Morgan fingerprint density at radius 3 is 2.73 bits per heavy atom. The largest absolute Gasteiger partial charge is 0.383 e. The van der Waals surface area contributed by atoms with Gasteiger partial charge in [-0.15, -0.1) is 10.2 Å². The SMILES string of the molecule is COCCn1c(S[C@@H](C)C(=O)Nc2cccc(Cl)c2Cl)nnc1-c1cccc(C)c1. The maximum Gasteiger partial charge on any atom is 0.237 e. The van der Waals surface area contributed by atoms with E-state index in [-0.39, 0.29) is 5.91 Å². The molecule has 9 heteroatoms. The van der Waals surface area contributed by atoms with Gasteiger partial charge in [-0.3, -0.25) is 9.36 Å². The Morgan fingerprint density at radius 2 is 2.00 bits per heavy atom. The summed E-state index contributed by atoms with van der Waals surface area (Å²) in [6.45, 7) is 4.91. The van der Waals surface area contributed by atoms with Crippen molar-refractivity contribution in [3.63, 3.8) is 0 Å². The summed E-state index contributed by atoms with van der Waals surface area (Å²) in [6.07, 6.45) is 0. The molecular formula is C21H22Cl2N4O2S. The standard InChI is InChI=1S/C21H22Cl2N4O2S/c1-13-6-4-7-15(12-13)19-25-26-21(27(19)10-11-29-3)30-14(2)20(28)24-17-9-5-8-16(22)18(17)23/h4-9,12,14H,10-11H2,1-3H3,(H,24,28)/t14-/m0/s1. The molecule has 0 radical (unpaired) electrons. The molecule has 6 nitrogen and oxygen atoms in total. The van der Waals surface area contributed by atoms with Gasteiger partial charge < -0.3 is 10.1 Å². The molecule has 1 atom stereocenters. The maximum atomic E-state index is 12.7. The van der Waals surface area contributed by atoms with Crippen LogP contribution in [0.5, 0.6) is 0 Å². The van der Waals surface area contributed by atoms with Crippen molar-refractivity contribution in [1.82, 2.24) is 14.8 Å². The smallest absolute Gasteiger partial charge is 0.237 e. The molecule has 1 N–H and O–H groups in total. The number of aromatic nitrogens is 3. The second-order valence-electron chi connectivity index (χ2n) is 6.67. The van der Waals surface area contributed by atoms with Crippen molar-refractivity contribution in [2.75, 3.05) is 19.0 Å². The molecule has 158 valence electrons. The third-order valence-corrected chi connectivity index (χ3v) is 6.27. The average molecular weight is 465 g/mol. The first kappa shape index (κ1) is 22.6. The molecule has 0 saturated carbocycles. The average Bonchev–Trinajstić information content (AvgIpc) is 3.12. The molecule has 0 spiro atoms. The van der Waals surface area contributed by atoms with Gasteiger partial charge in [0.2, 0.25) is 5.91 Å². The number of halogens is 2. The Kier molecular flexibility index (Phi) is 7.77. The summed E-state index contributed by atoms with van der Waals surface area (Å²) in [5, 5.41) is 12.4. The van der Waals surface area contributed by atoms with E-state index in [0.29, 0.717) is 34.0 Å². The van der Waals surface area contributed by atoms with E-state index in [1.807, 2.05) is 29.7 Å². The summed E-state index contributed by atoms with van der Waals surface area (Å²) in [7, 11) is 1.65. The molecule has 1 heterocycles. The molecule has 0 aliphatic heterocycles. The summed E-state index contributed by atoms with van der Waals surface area (Å²) in [5.41, 5.74) is 2.57. The summed E-state index contributed by atoms with van der Waals surface area (Å²) in [4.78, 5) is 12.7. The summed E-state index contributed by atoms with van der Waals surface area (Å²) >= 11 is 13.5. The van der Waals surface area contributed by atoms with E-state index in [1.54, 1.807) is 32.2 Å². The predicted octanol–water partition coefficient (Wildman–Crippen LogP) is 5.33. The number of hydrogen-bond acceptors (Lipinski definition) is 5. The zero-order chi connectivity index (χ0) is 21.7. The van der Waals surface area contributed by atoms with Crippen LogP contribution in [0.4, 0.5) is 5.69 Å². The number of anilines is 1. The van der Waals surface area contributed by atoms with Gasteiger partial charge in [0, 0.05) is 12.7 Å². The number of carbonyl (C=O) groups is 1. The normalized spacial score (nSPS) is 12.0. The van der Waals surface area contributed by atoms with Gasteiger partial charge in [0.15, 0.2) is 11.0 Å². The summed E-state index contributed by atoms with van der Waals surface area (Å²) in [5.74, 6) is 0.534. The summed E-state index contributed by atoms with van der Waals surface area (Å²) in [6, 6.07) is 13.2. The maximum absolute atomic E-state index is 12.7. The van der Waals surface area contributed by atoms with E-state index in [4.69, 9.17) is 27.9 Å². The highest BCUT2D eigenvalue weighted by Crippen LogP contribution is 2.31. The van der Waals surface area contributed by atoms with Gasteiger partial charge in [0.05, 0.1) is 34.1 Å². The first-order valence-corrected chi connectivity index (χ1v) is 10.9. The number of thioether (sulfide) groups is 1. The third kappa shape index (κ3) is 5.35. The zero-order valence-corrected chi connectivity index (χ0v) is 19.2. The molecular weight excluding hydrogens is 443 g/mol. The van der Waals surface area contributed by atoms with Crippen LogP contribution < -0.4 is 5.32 Å². The van der Waals surface area contributed by atoms with E-state index in [1.165, 1.54) is 11.8 Å². The third-order valence-electron chi connectivity index (χ3n) is 4.37. The molecule has 0 bridgehead atoms. The summed E-state index contributed by atoms with van der Waals surface area (Å²) < 4.78 is 7.22. The Labute approximate surface area is 189 Å². The number of carbonyl (C=O) groups excluding carboxylic acids is 1. The lowest BCUT2D eigenvalue weighted by Crippen LogP contribution is -2.23. The highest BCUT2D eigenvalue weighted by molar-refractivity contribution is 8.00. The van der Waals surface area contributed by atoms with E-state index in [9.17, 15) is 4.79 Å². The Hall–Kier alpha value is -2.06. The minimum absolute atomic E-state index is 0.206. The van der Waals surface area contributed by atoms with E-state index in [0.717, 1.165) is 17.0 Å². The predicted molar refractivity (Wildman–Crippen MR) is 122 cm³/mol. The van der Waals surface area contributed by atoms with Crippen LogP contribution in [0, 0.1) is 6.92 Å². The Bertz CT molecular complexity index is 1040. The van der Waals surface area contributed by atoms with Crippen LogP contribution in [0.25, 0.3) is 11.4 Å². The molecule has 0 aliphatic rings. The number of amides is 1. The Morgan fingerprint density at radius 1 is 1.23 bits per heavy atom. The molecule has 1 aromatic heterocycles. The van der Waals surface area contributed by atoms with Crippen LogP contribution >= 0.6 is 35.0 Å². The van der Waals surface area contributed by atoms with Crippen LogP contribution in [0.3, 0.4) is 0 Å². The molecule has 1 amide bonds. The lowest BCUT2D eigenvalue weighted by atomic mass is 10.1. The van der Waals surface area contributed by atoms with Crippen molar-refractivity contribution >= 4 is 46.6 Å². The zero-order valence-electron chi connectivity index (χ0n) is 16.9. The molecule has 0 unspecified atom stereocenters. The number of nitrogens with one attached hydrogen (secondary N) is 1. The fraction of sp³-hybridized carbons (Fsp3) is 0.286. The van der Waals surface area contributed by atoms with Crippen LogP contribution in [-0.2, 0) is 16.1 Å². The number of aryl methyl sites for hydroxylation is 1. The molecule has 3 aromatic rings. The second kappa shape index (κ2) is 10.3. The minimum atomic E-state index is -0.434. The molecule has 2 aromatic carbocycles. The van der Waals surface area contributed by atoms with Gasteiger partial charge in [-0.25, -0.2) is 0 Å². The van der Waals surface area contributed by atoms with Crippen molar-refractivity contribution in [1.29, 1.82) is 0 Å². The van der Waals surface area contributed by atoms with Crippen LogP contribution in [0.1, 0.15) is 12.5 Å². The van der Waals surface area contributed by atoms with Crippen LogP contribution in [-0.4, -0.2) is 39.6 Å². The first-order valence-electron chi connectivity index (χ1n) is 9.31. The van der Waals surface area contributed by atoms with Crippen molar-refractivity contribution < 1.29 is 9.53 Å². The van der Waals surface area contributed by atoms with E-state index in [2.05, 4.69) is 21.6 Å². The number of benzene rings is 2. The molecule has 0 saturated heterocycles. The molecule has 30 heavy (non-hydrogen) atoms. The fourth-order valence-electron chi connectivity index (χ4n) is 2.80. The van der Waals surface area contributed by atoms with Gasteiger partial charge in [-0.2, -0.15) is 0 Å². The number of ether oxygens (including phenoxy) is 1. The number of rotatable bonds is 8. The van der Waals surface area contributed by atoms with Crippen molar-refractivity contribution in [2.45, 2.75) is 30.8 Å². The first-order chi connectivity index (χ1) is 14.4. The fourth-order valence-corrected chi connectivity index (χ4v) is 4.03. The minimum Gasteiger partial charge on any atom is -0.383 e. The van der Waals surface area contributed by atoms with E-state index < -0.39 is 5.25 Å². The van der Waals surface area contributed by atoms with E-state index >= 15 is 0 Å². The molecule has 3 rings (SSSR count). The highest BCUT2D eigenvalue weighted by Gasteiger charge is 2.22. The van der Waals surface area contributed by atoms with Gasteiger partial charge in [-0.1, -0.05) is 64.8 Å². The topological polar surface area (TPSA) is 69.0 Å². The van der Waals surface area contributed by atoms with Crippen molar-refractivity contribution in [3.05, 3.63) is 58.1 Å². The quantitative estimate of drug-likeness (QED) is 0.456. The van der Waals surface area contributed by atoms with Crippen molar-refractivity contribution in [3.8, 4) is 11.4 Å². The van der Waals surface area contributed by atoms with Crippen LogP contribution in [0.15, 0.2) is 47.6 Å². The number of hydrogen-bond donors (Lipinski definition) is 1. The second-order valence-corrected chi connectivity index (χ2v) is 8.76. The number of nitrogens with zero attached hydrogens (tertiary/aromatic N) is 3. The van der Waals surface area contributed by atoms with Crippen molar-refractivity contribution in [2.24, 2.45) is 0 Å². The lowest BCUT2D eigenvalue weighted by Gasteiger charge is -2.14. The lowest BCUT2D eigenvalue weighted by molar-refractivity contribution is -0.115. The van der Waals surface area contributed by atoms with Gasteiger partial charge in [0.25, 0.3) is 0 Å². The highest BCUT2D eigenvalue weighted by atomic mass is 35.5. The van der Waals surface area contributed by atoms with Gasteiger partial charge in [-0.05, 0) is 32.0 Å². The molecule has 0 aliphatic carbocycles. The van der Waals surface area contributed by atoms with Crippen LogP contribution in [0.2, 0.25) is 10.0 Å². The Balaban J connectivity index is 1.81.